The summed E-state index contributed by atoms with van der Waals surface area (Å²) in [5, 5.41) is 8.48. The molecule has 3 N–H and O–H groups in total. The Balaban J connectivity index is 2.34. The van der Waals surface area contributed by atoms with Crippen LogP contribution in [0.2, 0.25) is 0 Å². The van der Waals surface area contributed by atoms with Crippen LogP contribution in [0.25, 0.3) is 0 Å². The summed E-state index contributed by atoms with van der Waals surface area (Å²) in [4.78, 5) is 0.143. The van der Waals surface area contributed by atoms with Gasteiger partial charge < -0.3 is 10.1 Å². The second-order valence-electron chi connectivity index (χ2n) is 5.42. The summed E-state index contributed by atoms with van der Waals surface area (Å²) in [7, 11) is -3.61. The summed E-state index contributed by atoms with van der Waals surface area (Å²) in [6, 6.07) is 6.84. The third kappa shape index (κ3) is 7.04. The molecule has 5 nitrogen and oxygen atoms in total. The first kappa shape index (κ1) is 18.1. The van der Waals surface area contributed by atoms with E-state index in [1.807, 2.05) is 13.8 Å². The average Bonchev–Trinajstić information content (AvgIpc) is 2.41. The number of sulfonamides is 1. The molecule has 0 heterocycles. The molecule has 1 aromatic rings. The predicted molar refractivity (Wildman–Crippen MR) is 84.6 cm³/mol. The molecule has 1 rings (SSSR count). The van der Waals surface area contributed by atoms with Crippen LogP contribution in [0, 0.1) is 0 Å². The molecule has 0 fully saturated rings. The number of rotatable bonds is 9. The van der Waals surface area contributed by atoms with Crippen LogP contribution >= 0.6 is 0 Å². The van der Waals surface area contributed by atoms with E-state index in [1.165, 1.54) is 0 Å². The summed E-state index contributed by atoms with van der Waals surface area (Å²) in [5.41, 5.74) is 1.04. The zero-order chi connectivity index (χ0) is 15.9. The smallest absolute Gasteiger partial charge is 0.238 e. The minimum atomic E-state index is -3.61. The molecule has 6 heteroatoms. The lowest BCUT2D eigenvalue weighted by atomic mass is 10.1. The highest BCUT2D eigenvalue weighted by molar-refractivity contribution is 7.89. The normalized spacial score (nSPS) is 13.6. The van der Waals surface area contributed by atoms with Gasteiger partial charge in [-0.1, -0.05) is 12.1 Å². The molecular formula is C15H26N2O3S. The second kappa shape index (κ2) is 8.48. The van der Waals surface area contributed by atoms with Gasteiger partial charge in [0.15, 0.2) is 0 Å². The Kier molecular flexibility index (Phi) is 7.31. The van der Waals surface area contributed by atoms with Crippen LogP contribution in [0.3, 0.4) is 0 Å². The Morgan fingerprint density at radius 1 is 1.14 bits per heavy atom. The fourth-order valence-electron chi connectivity index (χ4n) is 1.93. The van der Waals surface area contributed by atoms with Crippen molar-refractivity contribution in [2.24, 2.45) is 5.14 Å². The number of primary sulfonamides is 1. The molecule has 1 aromatic carbocycles. The maximum Gasteiger partial charge on any atom is 0.238 e. The zero-order valence-corrected chi connectivity index (χ0v) is 13.8. The van der Waals surface area contributed by atoms with E-state index in [4.69, 9.17) is 9.88 Å². The van der Waals surface area contributed by atoms with E-state index < -0.39 is 10.0 Å². The number of nitrogens with two attached hydrogens (primary N) is 1. The molecule has 0 aromatic heterocycles. The standard InChI is InChI=1S/C15H26N2O3S/c1-12(2)20-11-5-4-10-17-13(3)14-6-8-15(9-7-14)21(16,18)19/h6-9,12-13,17H,4-5,10-11H2,1-3H3,(H2,16,18,19). The average molecular weight is 314 g/mol. The molecule has 120 valence electrons. The van der Waals surface area contributed by atoms with Gasteiger partial charge in [-0.05, 0) is 57.9 Å². The molecule has 0 radical (unpaired) electrons. The molecule has 0 saturated heterocycles. The number of ether oxygens (including phenoxy) is 1. The molecule has 1 unspecified atom stereocenters. The summed E-state index contributed by atoms with van der Waals surface area (Å²) in [6.45, 7) is 7.81. The highest BCUT2D eigenvalue weighted by Gasteiger charge is 2.09. The Morgan fingerprint density at radius 3 is 2.29 bits per heavy atom. The minimum Gasteiger partial charge on any atom is -0.379 e. The molecule has 21 heavy (non-hydrogen) atoms. The monoisotopic (exact) mass is 314 g/mol. The molecule has 1 atom stereocenters. The fourth-order valence-corrected chi connectivity index (χ4v) is 2.44. The molecule has 0 aliphatic rings. The van der Waals surface area contributed by atoms with E-state index in [-0.39, 0.29) is 17.0 Å². The summed E-state index contributed by atoms with van der Waals surface area (Å²) in [5.74, 6) is 0. The third-order valence-electron chi connectivity index (χ3n) is 3.18. The van der Waals surface area contributed by atoms with Crippen LogP contribution in [0.4, 0.5) is 0 Å². The van der Waals surface area contributed by atoms with Gasteiger partial charge in [-0.2, -0.15) is 0 Å². The van der Waals surface area contributed by atoms with Gasteiger partial charge in [0.25, 0.3) is 0 Å². The Labute approximate surface area is 127 Å². The van der Waals surface area contributed by atoms with Gasteiger partial charge in [-0.3, -0.25) is 0 Å². The number of hydrogen-bond donors (Lipinski definition) is 2. The van der Waals surface area contributed by atoms with Crippen molar-refractivity contribution in [1.82, 2.24) is 5.32 Å². The van der Waals surface area contributed by atoms with Crippen molar-refractivity contribution < 1.29 is 13.2 Å². The minimum absolute atomic E-state index is 0.143. The number of nitrogens with one attached hydrogen (secondary N) is 1. The van der Waals surface area contributed by atoms with Crippen molar-refractivity contribution in [2.45, 2.75) is 50.7 Å². The van der Waals surface area contributed by atoms with Crippen LogP contribution in [0.15, 0.2) is 29.2 Å². The van der Waals surface area contributed by atoms with Crippen molar-refractivity contribution >= 4 is 10.0 Å². The first-order valence-corrected chi connectivity index (χ1v) is 8.83. The lowest BCUT2D eigenvalue weighted by molar-refractivity contribution is 0.0759. The van der Waals surface area contributed by atoms with Crippen LogP contribution in [-0.2, 0) is 14.8 Å². The van der Waals surface area contributed by atoms with E-state index in [9.17, 15) is 8.42 Å². The highest BCUT2D eigenvalue weighted by atomic mass is 32.2. The number of hydrogen-bond acceptors (Lipinski definition) is 4. The van der Waals surface area contributed by atoms with Gasteiger partial charge in [0.05, 0.1) is 11.0 Å². The molecule has 0 spiro atoms. The van der Waals surface area contributed by atoms with Crippen molar-refractivity contribution in [3.8, 4) is 0 Å². The Morgan fingerprint density at radius 2 is 1.76 bits per heavy atom. The fraction of sp³-hybridized carbons (Fsp3) is 0.600. The molecular weight excluding hydrogens is 288 g/mol. The zero-order valence-electron chi connectivity index (χ0n) is 13.0. The van der Waals surface area contributed by atoms with Crippen molar-refractivity contribution in [1.29, 1.82) is 0 Å². The van der Waals surface area contributed by atoms with Gasteiger partial charge in [0, 0.05) is 12.6 Å². The molecule has 0 saturated carbocycles. The maximum atomic E-state index is 11.2. The van der Waals surface area contributed by atoms with Crippen LogP contribution in [0.5, 0.6) is 0 Å². The third-order valence-corrected chi connectivity index (χ3v) is 4.11. The van der Waals surface area contributed by atoms with Gasteiger partial charge in [-0.25, -0.2) is 13.6 Å². The lowest BCUT2D eigenvalue weighted by Crippen LogP contribution is -2.20. The van der Waals surface area contributed by atoms with E-state index in [0.717, 1.165) is 31.6 Å². The lowest BCUT2D eigenvalue weighted by Gasteiger charge is -2.15. The van der Waals surface area contributed by atoms with E-state index >= 15 is 0 Å². The maximum absolute atomic E-state index is 11.2. The highest BCUT2D eigenvalue weighted by Crippen LogP contribution is 2.15. The first-order valence-electron chi connectivity index (χ1n) is 7.28. The van der Waals surface area contributed by atoms with E-state index in [0.29, 0.717) is 0 Å². The van der Waals surface area contributed by atoms with E-state index in [1.54, 1.807) is 24.3 Å². The summed E-state index contributed by atoms with van der Waals surface area (Å²) < 4.78 is 27.9. The number of unbranched alkanes of at least 4 members (excludes halogenated alkanes) is 1. The predicted octanol–water partition coefficient (Wildman–Crippen LogP) is 2.19. The van der Waals surface area contributed by atoms with E-state index in [2.05, 4.69) is 12.2 Å². The summed E-state index contributed by atoms with van der Waals surface area (Å²) >= 11 is 0. The van der Waals surface area contributed by atoms with Crippen LogP contribution in [0.1, 0.15) is 45.2 Å². The second-order valence-corrected chi connectivity index (χ2v) is 6.98. The van der Waals surface area contributed by atoms with Crippen molar-refractivity contribution in [3.05, 3.63) is 29.8 Å². The molecule has 0 bridgehead atoms. The summed E-state index contributed by atoms with van der Waals surface area (Å²) in [6.07, 6.45) is 2.36. The SMILES string of the molecule is CC(C)OCCCCNC(C)c1ccc(S(N)(=O)=O)cc1. The Hall–Kier alpha value is -0.950. The first-order chi connectivity index (χ1) is 9.80. The number of benzene rings is 1. The van der Waals surface area contributed by atoms with Gasteiger partial charge in [0.1, 0.15) is 0 Å². The molecule has 0 aliphatic carbocycles. The van der Waals surface area contributed by atoms with Crippen LogP contribution < -0.4 is 10.5 Å². The van der Waals surface area contributed by atoms with Crippen LogP contribution in [-0.4, -0.2) is 27.7 Å². The topological polar surface area (TPSA) is 81.4 Å². The quantitative estimate of drug-likeness (QED) is 0.685. The van der Waals surface area contributed by atoms with Crippen molar-refractivity contribution in [3.63, 3.8) is 0 Å². The van der Waals surface area contributed by atoms with Gasteiger partial charge >= 0.3 is 0 Å². The largest absolute Gasteiger partial charge is 0.379 e. The van der Waals surface area contributed by atoms with Crippen molar-refractivity contribution in [2.75, 3.05) is 13.2 Å². The van der Waals surface area contributed by atoms with Gasteiger partial charge in [0.2, 0.25) is 10.0 Å². The molecule has 0 amide bonds. The van der Waals surface area contributed by atoms with Gasteiger partial charge in [-0.15, -0.1) is 0 Å². The Bertz CT molecular complexity index is 512. The molecule has 0 aliphatic heterocycles.